The SMILES string of the molecule is Cc1ccc(NCCNC(C)c2ccccc2)cc1. The Hall–Kier alpha value is -1.80. The van der Waals surface area contributed by atoms with E-state index in [1.807, 2.05) is 0 Å². The summed E-state index contributed by atoms with van der Waals surface area (Å²) in [5.41, 5.74) is 3.80. The minimum Gasteiger partial charge on any atom is -0.384 e. The first-order valence-electron chi connectivity index (χ1n) is 6.84. The predicted octanol–water partition coefficient (Wildman–Crippen LogP) is 3.76. The molecular formula is C17H22N2. The van der Waals surface area contributed by atoms with E-state index in [2.05, 4.69) is 79.1 Å². The first kappa shape index (κ1) is 13.6. The summed E-state index contributed by atoms with van der Waals surface area (Å²) in [6, 6.07) is 19.4. The van der Waals surface area contributed by atoms with E-state index in [4.69, 9.17) is 0 Å². The highest BCUT2D eigenvalue weighted by molar-refractivity contribution is 5.44. The molecule has 2 heteroatoms. The summed E-state index contributed by atoms with van der Waals surface area (Å²) < 4.78 is 0. The van der Waals surface area contributed by atoms with Crippen molar-refractivity contribution in [3.63, 3.8) is 0 Å². The molecule has 1 atom stereocenters. The van der Waals surface area contributed by atoms with Crippen molar-refractivity contribution in [2.75, 3.05) is 18.4 Å². The van der Waals surface area contributed by atoms with Crippen molar-refractivity contribution < 1.29 is 0 Å². The highest BCUT2D eigenvalue weighted by Crippen LogP contribution is 2.11. The Balaban J connectivity index is 1.71. The molecule has 0 aromatic heterocycles. The zero-order valence-electron chi connectivity index (χ0n) is 11.7. The normalized spacial score (nSPS) is 12.1. The molecule has 0 radical (unpaired) electrons. The number of benzene rings is 2. The molecular weight excluding hydrogens is 232 g/mol. The van der Waals surface area contributed by atoms with E-state index in [1.165, 1.54) is 16.8 Å². The van der Waals surface area contributed by atoms with Crippen LogP contribution in [0.3, 0.4) is 0 Å². The second-order valence-electron chi connectivity index (χ2n) is 4.88. The third-order valence-corrected chi connectivity index (χ3v) is 3.26. The van der Waals surface area contributed by atoms with Gasteiger partial charge < -0.3 is 10.6 Å². The fraction of sp³-hybridized carbons (Fsp3) is 0.294. The molecule has 0 bridgehead atoms. The first-order valence-corrected chi connectivity index (χ1v) is 6.84. The molecule has 2 rings (SSSR count). The number of rotatable bonds is 6. The van der Waals surface area contributed by atoms with Gasteiger partial charge in [0.05, 0.1) is 0 Å². The topological polar surface area (TPSA) is 24.1 Å². The van der Waals surface area contributed by atoms with Gasteiger partial charge in [-0.1, -0.05) is 48.0 Å². The lowest BCUT2D eigenvalue weighted by molar-refractivity contribution is 0.588. The molecule has 100 valence electrons. The van der Waals surface area contributed by atoms with Crippen LogP contribution in [0.15, 0.2) is 54.6 Å². The van der Waals surface area contributed by atoms with Crippen LogP contribution in [0.4, 0.5) is 5.69 Å². The summed E-state index contributed by atoms with van der Waals surface area (Å²) in [7, 11) is 0. The lowest BCUT2D eigenvalue weighted by Gasteiger charge is -2.14. The van der Waals surface area contributed by atoms with Crippen LogP contribution >= 0.6 is 0 Å². The Morgan fingerprint density at radius 3 is 2.26 bits per heavy atom. The van der Waals surface area contributed by atoms with Crippen LogP contribution in [-0.2, 0) is 0 Å². The molecule has 0 saturated heterocycles. The summed E-state index contributed by atoms with van der Waals surface area (Å²) in [4.78, 5) is 0. The van der Waals surface area contributed by atoms with Gasteiger partial charge in [-0.3, -0.25) is 0 Å². The molecule has 0 heterocycles. The Morgan fingerprint density at radius 2 is 1.58 bits per heavy atom. The summed E-state index contributed by atoms with van der Waals surface area (Å²) in [6.07, 6.45) is 0. The monoisotopic (exact) mass is 254 g/mol. The standard InChI is InChI=1S/C17H22N2/c1-14-8-10-17(11-9-14)19-13-12-18-15(2)16-6-4-3-5-7-16/h3-11,15,18-19H,12-13H2,1-2H3. The second kappa shape index (κ2) is 6.95. The zero-order valence-corrected chi connectivity index (χ0v) is 11.7. The molecule has 1 unspecified atom stereocenters. The molecule has 0 aliphatic carbocycles. The van der Waals surface area contributed by atoms with E-state index in [0.29, 0.717) is 6.04 Å². The number of hydrogen-bond donors (Lipinski definition) is 2. The minimum absolute atomic E-state index is 0.390. The molecule has 2 aromatic carbocycles. The average Bonchev–Trinajstić information content (AvgIpc) is 2.46. The quantitative estimate of drug-likeness (QED) is 0.767. The van der Waals surface area contributed by atoms with Crippen molar-refractivity contribution in [3.8, 4) is 0 Å². The summed E-state index contributed by atoms with van der Waals surface area (Å²) in [5, 5.41) is 6.93. The fourth-order valence-corrected chi connectivity index (χ4v) is 2.03. The van der Waals surface area contributed by atoms with Gasteiger partial charge in [-0.25, -0.2) is 0 Å². The third kappa shape index (κ3) is 4.42. The first-order chi connectivity index (χ1) is 9.25. The summed E-state index contributed by atoms with van der Waals surface area (Å²) in [6.45, 7) is 6.18. The van der Waals surface area contributed by atoms with Crippen molar-refractivity contribution in [1.29, 1.82) is 0 Å². The van der Waals surface area contributed by atoms with E-state index < -0.39 is 0 Å². The van der Waals surface area contributed by atoms with Gasteiger partial charge in [0.1, 0.15) is 0 Å². The lowest BCUT2D eigenvalue weighted by Crippen LogP contribution is -2.25. The van der Waals surface area contributed by atoms with Crippen LogP contribution in [0.2, 0.25) is 0 Å². The van der Waals surface area contributed by atoms with Crippen LogP contribution < -0.4 is 10.6 Å². The summed E-state index contributed by atoms with van der Waals surface area (Å²) in [5.74, 6) is 0. The van der Waals surface area contributed by atoms with Crippen LogP contribution in [0.1, 0.15) is 24.1 Å². The highest BCUT2D eigenvalue weighted by Gasteiger charge is 2.02. The lowest BCUT2D eigenvalue weighted by atomic mass is 10.1. The van der Waals surface area contributed by atoms with Gasteiger partial charge in [0, 0.05) is 24.8 Å². The van der Waals surface area contributed by atoms with Crippen molar-refractivity contribution >= 4 is 5.69 Å². The van der Waals surface area contributed by atoms with Gasteiger partial charge >= 0.3 is 0 Å². The van der Waals surface area contributed by atoms with Crippen molar-refractivity contribution in [2.24, 2.45) is 0 Å². The number of hydrogen-bond acceptors (Lipinski definition) is 2. The molecule has 0 spiro atoms. The third-order valence-electron chi connectivity index (χ3n) is 3.26. The van der Waals surface area contributed by atoms with Gasteiger partial charge in [0.25, 0.3) is 0 Å². The van der Waals surface area contributed by atoms with E-state index >= 15 is 0 Å². The van der Waals surface area contributed by atoms with Gasteiger partial charge in [-0.05, 0) is 31.5 Å². The van der Waals surface area contributed by atoms with Gasteiger partial charge in [-0.15, -0.1) is 0 Å². The smallest absolute Gasteiger partial charge is 0.0340 e. The molecule has 0 fully saturated rings. The van der Waals surface area contributed by atoms with Crippen molar-refractivity contribution in [3.05, 3.63) is 65.7 Å². The van der Waals surface area contributed by atoms with Crippen LogP contribution in [0, 0.1) is 6.92 Å². The molecule has 2 N–H and O–H groups in total. The predicted molar refractivity (Wildman–Crippen MR) is 82.5 cm³/mol. The summed E-state index contributed by atoms with van der Waals surface area (Å²) >= 11 is 0. The molecule has 0 aliphatic rings. The molecule has 19 heavy (non-hydrogen) atoms. The van der Waals surface area contributed by atoms with Crippen LogP contribution in [0.5, 0.6) is 0 Å². The Morgan fingerprint density at radius 1 is 0.895 bits per heavy atom. The van der Waals surface area contributed by atoms with E-state index in [1.54, 1.807) is 0 Å². The number of nitrogens with one attached hydrogen (secondary N) is 2. The molecule has 0 aliphatic heterocycles. The van der Waals surface area contributed by atoms with Crippen molar-refractivity contribution in [1.82, 2.24) is 5.32 Å². The van der Waals surface area contributed by atoms with Crippen molar-refractivity contribution in [2.45, 2.75) is 19.9 Å². The molecule has 2 nitrogen and oxygen atoms in total. The minimum atomic E-state index is 0.390. The largest absolute Gasteiger partial charge is 0.384 e. The second-order valence-corrected chi connectivity index (χ2v) is 4.88. The maximum absolute atomic E-state index is 3.52. The highest BCUT2D eigenvalue weighted by atomic mass is 15.0. The fourth-order valence-electron chi connectivity index (χ4n) is 2.03. The molecule has 0 amide bonds. The van der Waals surface area contributed by atoms with Gasteiger partial charge in [0.2, 0.25) is 0 Å². The van der Waals surface area contributed by atoms with Crippen LogP contribution in [0.25, 0.3) is 0 Å². The number of aryl methyl sites for hydroxylation is 1. The maximum Gasteiger partial charge on any atom is 0.0340 e. The average molecular weight is 254 g/mol. The van der Waals surface area contributed by atoms with Gasteiger partial charge in [-0.2, -0.15) is 0 Å². The van der Waals surface area contributed by atoms with E-state index in [-0.39, 0.29) is 0 Å². The van der Waals surface area contributed by atoms with Gasteiger partial charge in [0.15, 0.2) is 0 Å². The van der Waals surface area contributed by atoms with E-state index in [0.717, 1.165) is 13.1 Å². The molecule has 2 aromatic rings. The Labute approximate surface area is 115 Å². The Kier molecular flexibility index (Phi) is 4.99. The maximum atomic E-state index is 3.52. The number of anilines is 1. The van der Waals surface area contributed by atoms with Crippen LogP contribution in [-0.4, -0.2) is 13.1 Å². The molecule has 0 saturated carbocycles. The zero-order chi connectivity index (χ0) is 13.5. The Bertz CT molecular complexity index is 476. The van der Waals surface area contributed by atoms with E-state index in [9.17, 15) is 0 Å².